The maximum Gasteiger partial charge on any atom is 0.282 e. The molecule has 0 aliphatic heterocycles. The number of aromatic nitrogens is 4. The van der Waals surface area contributed by atoms with Gasteiger partial charge in [-0.05, 0) is 30.0 Å². The van der Waals surface area contributed by atoms with Gasteiger partial charge in [0, 0.05) is 18.0 Å². The number of hydrogen-bond donors (Lipinski definition) is 1. The Morgan fingerprint density at radius 1 is 1.22 bits per heavy atom. The standard InChI is InChI=1S/C11H9N5OS/c1-6-15-16-11(17-6)18-10-8-3-2-7(12)4-9(8)13-5-14-10/h2-5H,12H2,1H3. The number of benzene rings is 1. The first-order valence-electron chi connectivity index (χ1n) is 5.20. The minimum absolute atomic E-state index is 0.462. The summed E-state index contributed by atoms with van der Waals surface area (Å²) in [6.45, 7) is 1.75. The van der Waals surface area contributed by atoms with E-state index >= 15 is 0 Å². The van der Waals surface area contributed by atoms with Crippen LogP contribution in [0.25, 0.3) is 10.9 Å². The molecule has 0 aliphatic rings. The minimum atomic E-state index is 0.462. The zero-order valence-electron chi connectivity index (χ0n) is 9.49. The quantitative estimate of drug-likeness (QED) is 0.556. The van der Waals surface area contributed by atoms with Crippen molar-refractivity contribution in [3.63, 3.8) is 0 Å². The van der Waals surface area contributed by atoms with Gasteiger partial charge in [0.15, 0.2) is 0 Å². The van der Waals surface area contributed by atoms with Crippen molar-refractivity contribution in [3.8, 4) is 0 Å². The number of rotatable bonds is 2. The molecule has 3 aromatic rings. The number of hydrogen-bond acceptors (Lipinski definition) is 7. The van der Waals surface area contributed by atoms with Crippen LogP contribution in [0.1, 0.15) is 5.89 Å². The van der Waals surface area contributed by atoms with Gasteiger partial charge in [0.05, 0.1) is 5.52 Å². The van der Waals surface area contributed by atoms with Crippen molar-refractivity contribution >= 4 is 28.4 Å². The molecule has 0 bridgehead atoms. The average molecular weight is 259 g/mol. The third-order valence-corrected chi connectivity index (χ3v) is 3.17. The number of nitrogens with zero attached hydrogens (tertiary/aromatic N) is 4. The molecule has 3 rings (SSSR count). The summed E-state index contributed by atoms with van der Waals surface area (Å²) in [7, 11) is 0. The summed E-state index contributed by atoms with van der Waals surface area (Å²) in [6, 6.07) is 5.51. The van der Waals surface area contributed by atoms with Gasteiger partial charge in [0.2, 0.25) is 5.89 Å². The monoisotopic (exact) mass is 259 g/mol. The Balaban J connectivity index is 2.06. The van der Waals surface area contributed by atoms with Crippen LogP contribution < -0.4 is 5.73 Å². The highest BCUT2D eigenvalue weighted by Gasteiger charge is 2.10. The van der Waals surface area contributed by atoms with Crippen molar-refractivity contribution in [2.45, 2.75) is 17.2 Å². The maximum atomic E-state index is 5.72. The van der Waals surface area contributed by atoms with E-state index in [1.165, 1.54) is 18.1 Å². The Hall–Kier alpha value is -2.15. The van der Waals surface area contributed by atoms with E-state index in [9.17, 15) is 0 Å². The second-order valence-corrected chi connectivity index (χ2v) is 4.58. The van der Waals surface area contributed by atoms with Crippen LogP contribution in [0, 0.1) is 6.92 Å². The highest BCUT2D eigenvalue weighted by molar-refractivity contribution is 7.99. The number of nitrogens with two attached hydrogens (primary N) is 1. The van der Waals surface area contributed by atoms with E-state index in [4.69, 9.17) is 10.2 Å². The molecule has 2 aromatic heterocycles. The van der Waals surface area contributed by atoms with Crippen molar-refractivity contribution in [1.29, 1.82) is 0 Å². The largest absolute Gasteiger partial charge is 0.416 e. The Labute approximate surface area is 107 Å². The fourth-order valence-corrected chi connectivity index (χ4v) is 2.32. The van der Waals surface area contributed by atoms with E-state index in [-0.39, 0.29) is 0 Å². The lowest BCUT2D eigenvalue weighted by atomic mass is 10.2. The van der Waals surface area contributed by atoms with Gasteiger partial charge in [0.25, 0.3) is 5.22 Å². The van der Waals surface area contributed by atoms with Crippen LogP contribution in [0.4, 0.5) is 5.69 Å². The number of anilines is 1. The van der Waals surface area contributed by atoms with Gasteiger partial charge in [0.1, 0.15) is 11.4 Å². The molecule has 2 heterocycles. The Bertz CT molecular complexity index is 711. The molecule has 1 aromatic carbocycles. The molecule has 0 unspecified atom stereocenters. The lowest BCUT2D eigenvalue weighted by Crippen LogP contribution is -1.89. The van der Waals surface area contributed by atoms with Crippen LogP contribution in [0.2, 0.25) is 0 Å². The predicted molar refractivity (Wildman–Crippen MR) is 67.1 cm³/mol. The topological polar surface area (TPSA) is 90.7 Å². The van der Waals surface area contributed by atoms with Gasteiger partial charge in [-0.25, -0.2) is 9.97 Å². The molecule has 2 N–H and O–H groups in total. The lowest BCUT2D eigenvalue weighted by molar-refractivity contribution is 0.429. The van der Waals surface area contributed by atoms with Gasteiger partial charge < -0.3 is 10.2 Å². The molecule has 0 amide bonds. The molecule has 7 heteroatoms. The Morgan fingerprint density at radius 3 is 2.89 bits per heavy atom. The smallest absolute Gasteiger partial charge is 0.282 e. The summed E-state index contributed by atoms with van der Waals surface area (Å²) in [4.78, 5) is 8.40. The van der Waals surface area contributed by atoms with Crippen LogP contribution in [0.3, 0.4) is 0 Å². The predicted octanol–water partition coefficient (Wildman–Crippen LogP) is 2.05. The average Bonchev–Trinajstić information content (AvgIpc) is 2.75. The summed E-state index contributed by atoms with van der Waals surface area (Å²) < 4.78 is 5.32. The summed E-state index contributed by atoms with van der Waals surface area (Å²) in [5.74, 6) is 0.528. The zero-order chi connectivity index (χ0) is 12.5. The molecule has 0 aliphatic carbocycles. The third-order valence-electron chi connectivity index (χ3n) is 2.32. The van der Waals surface area contributed by atoms with Crippen LogP contribution >= 0.6 is 11.8 Å². The summed E-state index contributed by atoms with van der Waals surface area (Å²) in [6.07, 6.45) is 1.49. The third kappa shape index (κ3) is 2.00. The molecule has 0 fully saturated rings. The van der Waals surface area contributed by atoms with E-state index in [1.54, 1.807) is 13.0 Å². The van der Waals surface area contributed by atoms with E-state index in [0.717, 1.165) is 15.9 Å². The summed E-state index contributed by atoms with van der Waals surface area (Å²) >= 11 is 1.31. The SMILES string of the molecule is Cc1nnc(Sc2ncnc3cc(N)ccc23)o1. The molecule has 0 saturated carbocycles. The molecule has 0 saturated heterocycles. The molecule has 0 spiro atoms. The van der Waals surface area contributed by atoms with Crippen molar-refractivity contribution in [2.75, 3.05) is 5.73 Å². The van der Waals surface area contributed by atoms with Gasteiger partial charge in [-0.3, -0.25) is 0 Å². The number of nitrogen functional groups attached to an aromatic ring is 1. The second kappa shape index (κ2) is 4.26. The first kappa shape index (κ1) is 11.0. The van der Waals surface area contributed by atoms with Crippen molar-refractivity contribution in [3.05, 3.63) is 30.4 Å². The first-order chi connectivity index (χ1) is 8.72. The molecule has 0 atom stereocenters. The van der Waals surface area contributed by atoms with E-state index in [0.29, 0.717) is 16.8 Å². The molecule has 6 nitrogen and oxygen atoms in total. The van der Waals surface area contributed by atoms with E-state index in [1.807, 2.05) is 12.1 Å². The lowest BCUT2D eigenvalue weighted by Gasteiger charge is -2.02. The zero-order valence-corrected chi connectivity index (χ0v) is 10.3. The van der Waals surface area contributed by atoms with Crippen LogP contribution in [0.15, 0.2) is 39.2 Å². The fraction of sp³-hybridized carbons (Fsp3) is 0.0909. The van der Waals surface area contributed by atoms with Crippen LogP contribution in [-0.4, -0.2) is 20.2 Å². The summed E-state index contributed by atoms with van der Waals surface area (Å²) in [5.41, 5.74) is 7.19. The molecular formula is C11H9N5OS. The highest BCUT2D eigenvalue weighted by atomic mass is 32.2. The number of aryl methyl sites for hydroxylation is 1. The number of fused-ring (bicyclic) bond motifs is 1. The van der Waals surface area contributed by atoms with Crippen LogP contribution in [-0.2, 0) is 0 Å². The highest BCUT2D eigenvalue weighted by Crippen LogP contribution is 2.30. The minimum Gasteiger partial charge on any atom is -0.416 e. The summed E-state index contributed by atoms with van der Waals surface area (Å²) in [5, 5.41) is 9.84. The van der Waals surface area contributed by atoms with Gasteiger partial charge in [-0.15, -0.1) is 10.2 Å². The molecule has 0 radical (unpaired) electrons. The maximum absolute atomic E-state index is 5.72. The van der Waals surface area contributed by atoms with Crippen molar-refractivity contribution in [1.82, 2.24) is 20.2 Å². The van der Waals surface area contributed by atoms with Gasteiger partial charge in [-0.2, -0.15) is 0 Å². The molecule has 18 heavy (non-hydrogen) atoms. The fourth-order valence-electron chi connectivity index (χ4n) is 1.53. The van der Waals surface area contributed by atoms with E-state index < -0.39 is 0 Å². The Morgan fingerprint density at radius 2 is 2.11 bits per heavy atom. The normalized spacial score (nSPS) is 10.9. The van der Waals surface area contributed by atoms with Crippen molar-refractivity contribution < 1.29 is 4.42 Å². The van der Waals surface area contributed by atoms with Gasteiger partial charge >= 0.3 is 0 Å². The molecule has 90 valence electrons. The van der Waals surface area contributed by atoms with E-state index in [2.05, 4.69) is 20.2 Å². The molecular weight excluding hydrogens is 250 g/mol. The van der Waals surface area contributed by atoms with Gasteiger partial charge in [-0.1, -0.05) is 0 Å². The Kier molecular flexibility index (Phi) is 2.60. The van der Waals surface area contributed by atoms with Crippen LogP contribution in [0.5, 0.6) is 0 Å². The first-order valence-corrected chi connectivity index (χ1v) is 6.02. The second-order valence-electron chi connectivity index (χ2n) is 3.64. The van der Waals surface area contributed by atoms with Crippen molar-refractivity contribution in [2.24, 2.45) is 0 Å².